The average Bonchev–Trinajstić information content (AvgIpc) is 3.69. The molecule has 18 nitrogen and oxygen atoms in total. The van der Waals surface area contributed by atoms with Crippen LogP contribution in [0.1, 0.15) is 12.5 Å². The second-order valence-electron chi connectivity index (χ2n) is 8.83. The van der Waals surface area contributed by atoms with Crippen LogP contribution in [-0.4, -0.2) is 122 Å². The number of nitrogens with zero attached hydrogens (tertiary/aromatic N) is 8. The molecule has 0 spiro atoms. The van der Waals surface area contributed by atoms with E-state index in [4.69, 9.17) is 30.8 Å². The Labute approximate surface area is 219 Å². The molecule has 6 heterocycles. The van der Waals surface area contributed by atoms with Crippen LogP contribution in [0.4, 0.5) is 11.6 Å². The zero-order chi connectivity index (χ0) is 27.8. The Morgan fingerprint density at radius 1 is 0.744 bits per heavy atom. The van der Waals surface area contributed by atoms with E-state index in [2.05, 4.69) is 29.9 Å². The SMILES string of the molecule is CO[C@@H]1[C@H](O)[C@@H](CO)O[C@H]1n1cnc2c(N)ncnc21.Nc1ncnc2c1ncn2[C@@H]1O[C@H](CO)[C@@H](O)[C@H]1O. The molecule has 4 aromatic heterocycles. The molecular weight excluding hydrogens is 520 g/mol. The molecule has 2 aliphatic heterocycles. The lowest BCUT2D eigenvalue weighted by Gasteiger charge is -2.19. The molecule has 210 valence electrons. The quantitative estimate of drug-likeness (QED) is 0.129. The lowest BCUT2D eigenvalue weighted by Crippen LogP contribution is -2.34. The van der Waals surface area contributed by atoms with Crippen molar-refractivity contribution in [1.29, 1.82) is 0 Å². The minimum atomic E-state index is -1.19. The highest BCUT2D eigenvalue weighted by Crippen LogP contribution is 2.34. The molecule has 4 aromatic rings. The molecule has 18 heteroatoms. The van der Waals surface area contributed by atoms with Crippen LogP contribution in [0.15, 0.2) is 25.3 Å². The van der Waals surface area contributed by atoms with E-state index < -0.39 is 55.7 Å². The number of hydrogen-bond acceptors (Lipinski definition) is 16. The molecule has 0 unspecified atom stereocenters. The van der Waals surface area contributed by atoms with Crippen LogP contribution in [-0.2, 0) is 14.2 Å². The molecular formula is C21H28N10O8. The third-order valence-corrected chi connectivity index (χ3v) is 6.60. The number of aliphatic hydroxyl groups excluding tert-OH is 5. The van der Waals surface area contributed by atoms with Gasteiger partial charge in [0.2, 0.25) is 0 Å². The first-order valence-electron chi connectivity index (χ1n) is 11.8. The van der Waals surface area contributed by atoms with Gasteiger partial charge in [0.05, 0.1) is 25.9 Å². The number of methoxy groups -OCH3 is 1. The van der Waals surface area contributed by atoms with Crippen LogP contribution in [0.5, 0.6) is 0 Å². The Morgan fingerprint density at radius 2 is 1.23 bits per heavy atom. The van der Waals surface area contributed by atoms with Crippen molar-refractivity contribution in [3.63, 3.8) is 0 Å². The first kappa shape index (κ1) is 27.0. The topological polar surface area (TPSA) is 268 Å². The highest BCUT2D eigenvalue weighted by atomic mass is 16.6. The number of imidazole rings is 2. The number of nitrogens with two attached hydrogens (primary N) is 2. The molecule has 2 fully saturated rings. The van der Waals surface area contributed by atoms with Crippen LogP contribution in [0.2, 0.25) is 0 Å². The number of nitrogen functional groups attached to an aromatic ring is 2. The van der Waals surface area contributed by atoms with Gasteiger partial charge in [-0.05, 0) is 0 Å². The van der Waals surface area contributed by atoms with Crippen molar-refractivity contribution in [3.8, 4) is 0 Å². The lowest BCUT2D eigenvalue weighted by molar-refractivity contribution is -0.0583. The van der Waals surface area contributed by atoms with Crippen LogP contribution >= 0.6 is 0 Å². The summed E-state index contributed by atoms with van der Waals surface area (Å²) in [5.41, 5.74) is 13.1. The van der Waals surface area contributed by atoms with Crippen LogP contribution in [0.3, 0.4) is 0 Å². The molecule has 0 amide bonds. The van der Waals surface area contributed by atoms with Crippen molar-refractivity contribution < 1.29 is 39.7 Å². The minimum absolute atomic E-state index is 0.218. The summed E-state index contributed by atoms with van der Waals surface area (Å²) >= 11 is 0. The second-order valence-corrected chi connectivity index (χ2v) is 8.83. The Balaban J connectivity index is 0.000000158. The van der Waals surface area contributed by atoms with E-state index >= 15 is 0 Å². The van der Waals surface area contributed by atoms with Gasteiger partial charge in [-0.2, -0.15) is 0 Å². The van der Waals surface area contributed by atoms with Gasteiger partial charge in [0.15, 0.2) is 35.4 Å². The third kappa shape index (κ3) is 4.61. The number of aliphatic hydroxyl groups is 5. The van der Waals surface area contributed by atoms with Crippen molar-refractivity contribution in [2.45, 2.75) is 49.1 Å². The Kier molecular flexibility index (Phi) is 7.51. The van der Waals surface area contributed by atoms with Crippen molar-refractivity contribution in [3.05, 3.63) is 25.3 Å². The molecule has 6 rings (SSSR count). The Bertz CT molecular complexity index is 1430. The van der Waals surface area contributed by atoms with Gasteiger partial charge in [0, 0.05) is 7.11 Å². The summed E-state index contributed by atoms with van der Waals surface area (Å²) in [5.74, 6) is 0.482. The second kappa shape index (κ2) is 10.9. The van der Waals surface area contributed by atoms with E-state index in [-0.39, 0.29) is 18.2 Å². The van der Waals surface area contributed by atoms with Crippen molar-refractivity contribution >= 4 is 34.0 Å². The monoisotopic (exact) mass is 548 g/mol. The fraction of sp³-hybridized carbons (Fsp3) is 0.524. The van der Waals surface area contributed by atoms with E-state index in [1.54, 1.807) is 4.57 Å². The zero-order valence-electron chi connectivity index (χ0n) is 20.5. The molecule has 2 aliphatic rings. The maximum atomic E-state index is 10.0. The van der Waals surface area contributed by atoms with Crippen molar-refractivity contribution in [1.82, 2.24) is 39.0 Å². The van der Waals surface area contributed by atoms with Gasteiger partial charge in [-0.25, -0.2) is 29.9 Å². The summed E-state index contributed by atoms with van der Waals surface area (Å²) in [6, 6.07) is 0. The number of fused-ring (bicyclic) bond motifs is 2. The number of hydrogen-bond donors (Lipinski definition) is 7. The van der Waals surface area contributed by atoms with E-state index in [0.717, 1.165) is 0 Å². The highest BCUT2D eigenvalue weighted by Gasteiger charge is 2.45. The Hall–Kier alpha value is -3.62. The largest absolute Gasteiger partial charge is 0.394 e. The summed E-state index contributed by atoms with van der Waals surface area (Å²) in [5, 5.41) is 48.0. The van der Waals surface area contributed by atoms with Crippen molar-refractivity contribution in [2.75, 3.05) is 31.8 Å². The summed E-state index contributed by atoms with van der Waals surface area (Å²) in [4.78, 5) is 24.0. The van der Waals surface area contributed by atoms with Crippen molar-refractivity contribution in [2.24, 2.45) is 0 Å². The first-order valence-corrected chi connectivity index (χ1v) is 11.8. The van der Waals surface area contributed by atoms with Crippen LogP contribution in [0, 0.1) is 0 Å². The Morgan fingerprint density at radius 3 is 1.72 bits per heavy atom. The van der Waals surface area contributed by atoms with Gasteiger partial charge >= 0.3 is 0 Å². The number of aromatic nitrogens is 8. The van der Waals surface area contributed by atoms with Gasteiger partial charge in [-0.3, -0.25) is 9.13 Å². The molecule has 0 saturated carbocycles. The number of anilines is 2. The molecule has 39 heavy (non-hydrogen) atoms. The third-order valence-electron chi connectivity index (χ3n) is 6.60. The molecule has 0 radical (unpaired) electrons. The molecule has 0 bridgehead atoms. The number of ether oxygens (including phenoxy) is 3. The fourth-order valence-corrected chi connectivity index (χ4v) is 4.57. The zero-order valence-corrected chi connectivity index (χ0v) is 20.5. The van der Waals surface area contributed by atoms with Gasteiger partial charge in [-0.1, -0.05) is 0 Å². The molecule has 0 aromatic carbocycles. The normalized spacial score (nSPS) is 30.6. The molecule has 2 saturated heterocycles. The van der Waals surface area contributed by atoms with Crippen LogP contribution < -0.4 is 11.5 Å². The standard InChI is InChI=1S/C11H15N5O4.C10H13N5O4/c1-19-8-7(18)5(2-17)20-11(8)16-4-15-6-9(12)13-3-14-10(6)16;11-8-5-9(13-2-12-8)15(3-14-5)10-7(18)6(17)4(1-16)19-10/h3-5,7-8,11,17-18H,2H2,1H3,(H2,12,13,14);2-4,6-7,10,16-18H,1H2,(H2,11,12,13)/t5-,7-,8-,11-;4-,6-,7-,10-/m11/s1. The molecule has 8 atom stereocenters. The summed E-state index contributed by atoms with van der Waals surface area (Å²) in [7, 11) is 1.46. The van der Waals surface area contributed by atoms with Gasteiger partial charge in [0.25, 0.3) is 0 Å². The summed E-state index contributed by atoms with van der Waals surface area (Å²) < 4.78 is 19.3. The van der Waals surface area contributed by atoms with E-state index in [1.165, 1.54) is 37.0 Å². The predicted octanol–water partition coefficient (Wildman–Crippen LogP) is -3.31. The fourth-order valence-electron chi connectivity index (χ4n) is 4.57. The van der Waals surface area contributed by atoms with E-state index in [0.29, 0.717) is 22.3 Å². The number of rotatable bonds is 5. The molecule has 0 aliphatic carbocycles. The summed E-state index contributed by atoms with van der Waals surface area (Å²) in [6.07, 6.45) is -1.54. The predicted molar refractivity (Wildman–Crippen MR) is 130 cm³/mol. The van der Waals surface area contributed by atoms with Gasteiger partial charge in [-0.15, -0.1) is 0 Å². The van der Waals surface area contributed by atoms with E-state index in [9.17, 15) is 20.4 Å². The maximum absolute atomic E-state index is 10.0. The maximum Gasteiger partial charge on any atom is 0.167 e. The first-order chi connectivity index (χ1) is 18.8. The minimum Gasteiger partial charge on any atom is -0.394 e. The van der Waals surface area contributed by atoms with Crippen LogP contribution in [0.25, 0.3) is 22.3 Å². The van der Waals surface area contributed by atoms with Gasteiger partial charge in [0.1, 0.15) is 60.3 Å². The van der Waals surface area contributed by atoms with Gasteiger partial charge < -0.3 is 51.2 Å². The average molecular weight is 549 g/mol. The lowest BCUT2D eigenvalue weighted by atomic mass is 10.1. The molecule has 9 N–H and O–H groups in total. The van der Waals surface area contributed by atoms with E-state index in [1.807, 2.05) is 0 Å². The highest BCUT2D eigenvalue weighted by molar-refractivity contribution is 5.81. The smallest absolute Gasteiger partial charge is 0.167 e. The summed E-state index contributed by atoms with van der Waals surface area (Å²) in [6.45, 7) is -0.695.